The standard InChI is InChI=1S/C5H8Cl2.CHClO2/c1-2-4-3-5(4,6)7;2-1(3)4/h4H,2-3H2,1H3;(H,3,4)/t4-;/m0./s1. The van der Waals surface area contributed by atoms with Crippen LogP contribution in [0, 0.1) is 5.92 Å². The van der Waals surface area contributed by atoms with E-state index in [0.29, 0.717) is 5.92 Å². The molecule has 0 amide bonds. The van der Waals surface area contributed by atoms with Crippen LogP contribution in [0.25, 0.3) is 0 Å². The van der Waals surface area contributed by atoms with Crippen molar-refractivity contribution in [2.75, 3.05) is 0 Å². The van der Waals surface area contributed by atoms with Gasteiger partial charge in [0, 0.05) is 11.6 Å². The van der Waals surface area contributed by atoms with Gasteiger partial charge >= 0.3 is 5.43 Å². The lowest BCUT2D eigenvalue weighted by Crippen LogP contribution is -1.85. The molecule has 5 heteroatoms. The first kappa shape index (κ1) is 11.3. The molecule has 0 aromatic rings. The normalized spacial score (nSPS) is 24.9. The molecule has 1 rings (SSSR count). The SMILES string of the molecule is CC[C@H]1CC1(Cl)Cl.O=C(O)Cl. The molecule has 0 aromatic heterocycles. The van der Waals surface area contributed by atoms with E-state index < -0.39 is 5.43 Å². The molecule has 1 fully saturated rings. The number of hydrogen-bond donors (Lipinski definition) is 1. The zero-order chi connectivity index (χ0) is 9.07. The van der Waals surface area contributed by atoms with Gasteiger partial charge in [0.25, 0.3) is 0 Å². The number of rotatable bonds is 1. The predicted molar refractivity (Wildman–Crippen MR) is 46.7 cm³/mol. The van der Waals surface area contributed by atoms with Gasteiger partial charge in [-0.15, -0.1) is 23.2 Å². The Balaban J connectivity index is 0.000000218. The molecule has 1 N–H and O–H groups in total. The zero-order valence-electron chi connectivity index (χ0n) is 5.98. The summed E-state index contributed by atoms with van der Waals surface area (Å²) in [5.41, 5.74) is -1.36. The van der Waals surface area contributed by atoms with Gasteiger partial charge in [0.1, 0.15) is 4.33 Å². The van der Waals surface area contributed by atoms with E-state index in [2.05, 4.69) is 18.5 Å². The van der Waals surface area contributed by atoms with Crippen molar-refractivity contribution in [2.45, 2.75) is 24.1 Å². The van der Waals surface area contributed by atoms with Crippen LogP contribution in [0.2, 0.25) is 0 Å². The van der Waals surface area contributed by atoms with E-state index in [1.54, 1.807) is 0 Å². The monoisotopic (exact) mass is 218 g/mol. The van der Waals surface area contributed by atoms with Gasteiger partial charge in [-0.3, -0.25) is 0 Å². The molecule has 1 aliphatic carbocycles. The third kappa shape index (κ3) is 5.59. The van der Waals surface area contributed by atoms with E-state index in [4.69, 9.17) is 33.1 Å². The van der Waals surface area contributed by atoms with Gasteiger partial charge in [0.05, 0.1) is 0 Å². The number of carboxylic acid groups (broad SMARTS) is 1. The van der Waals surface area contributed by atoms with Crippen molar-refractivity contribution >= 4 is 40.2 Å². The smallest absolute Gasteiger partial charge is 0.401 e. The van der Waals surface area contributed by atoms with Gasteiger partial charge in [-0.05, 0) is 12.3 Å². The minimum Gasteiger partial charge on any atom is -0.469 e. The molecular weight excluding hydrogens is 210 g/mol. The Morgan fingerprint density at radius 1 is 1.73 bits per heavy atom. The molecule has 0 unspecified atom stereocenters. The summed E-state index contributed by atoms with van der Waals surface area (Å²) in [6.07, 6.45) is 2.11. The molecule has 1 saturated carbocycles. The molecule has 2 nitrogen and oxygen atoms in total. The highest BCUT2D eigenvalue weighted by Crippen LogP contribution is 2.54. The molecule has 1 aliphatic rings. The first-order chi connectivity index (χ1) is 4.90. The maximum atomic E-state index is 8.77. The predicted octanol–water partition coefficient (Wildman–Crippen LogP) is 3.49. The summed E-state index contributed by atoms with van der Waals surface area (Å²) >= 11 is 15.5. The third-order valence-electron chi connectivity index (χ3n) is 1.45. The Kier molecular flexibility index (Phi) is 4.52. The van der Waals surface area contributed by atoms with Gasteiger partial charge in [0.15, 0.2) is 0 Å². The summed E-state index contributed by atoms with van der Waals surface area (Å²) in [6, 6.07) is 0. The van der Waals surface area contributed by atoms with Gasteiger partial charge in [-0.25, -0.2) is 4.79 Å². The molecule has 1 atom stereocenters. The van der Waals surface area contributed by atoms with Gasteiger partial charge in [-0.2, -0.15) is 0 Å². The van der Waals surface area contributed by atoms with Gasteiger partial charge < -0.3 is 5.11 Å². The fourth-order valence-corrected chi connectivity index (χ4v) is 1.39. The fourth-order valence-electron chi connectivity index (χ4n) is 0.713. The second kappa shape index (κ2) is 4.39. The van der Waals surface area contributed by atoms with Crippen molar-refractivity contribution in [1.29, 1.82) is 0 Å². The van der Waals surface area contributed by atoms with Crippen LogP contribution in [0.15, 0.2) is 0 Å². The van der Waals surface area contributed by atoms with Crippen LogP contribution in [-0.2, 0) is 0 Å². The quantitative estimate of drug-likeness (QED) is 0.541. The maximum Gasteiger partial charge on any atom is 0.401 e. The van der Waals surface area contributed by atoms with Crippen LogP contribution in [-0.4, -0.2) is 14.9 Å². The summed E-state index contributed by atoms with van der Waals surface area (Å²) in [5, 5.41) is 7.18. The molecule has 0 aliphatic heterocycles. The third-order valence-corrected chi connectivity index (χ3v) is 2.37. The first-order valence-corrected chi connectivity index (χ1v) is 4.29. The van der Waals surface area contributed by atoms with Crippen LogP contribution in [0.3, 0.4) is 0 Å². The van der Waals surface area contributed by atoms with E-state index >= 15 is 0 Å². The molecule has 0 bridgehead atoms. The molecule has 0 heterocycles. The average molecular weight is 219 g/mol. The highest BCUT2D eigenvalue weighted by molar-refractivity contribution is 6.60. The molecule has 0 radical (unpaired) electrons. The Hall–Kier alpha value is 0.340. The number of carbonyl (C=O) groups is 1. The lowest BCUT2D eigenvalue weighted by Gasteiger charge is -1.90. The van der Waals surface area contributed by atoms with E-state index in [1.165, 1.54) is 0 Å². The van der Waals surface area contributed by atoms with E-state index in [9.17, 15) is 0 Å². The lowest BCUT2D eigenvalue weighted by molar-refractivity contribution is 0.220. The molecule has 0 aromatic carbocycles. The van der Waals surface area contributed by atoms with Crippen LogP contribution < -0.4 is 0 Å². The Bertz CT molecular complexity index is 143. The van der Waals surface area contributed by atoms with Crippen molar-refractivity contribution in [2.24, 2.45) is 5.92 Å². The molecule has 0 saturated heterocycles. The zero-order valence-corrected chi connectivity index (χ0v) is 8.25. The van der Waals surface area contributed by atoms with Crippen LogP contribution in [0.5, 0.6) is 0 Å². The van der Waals surface area contributed by atoms with Crippen molar-refractivity contribution in [1.82, 2.24) is 0 Å². The maximum absolute atomic E-state index is 8.77. The highest BCUT2D eigenvalue weighted by Gasteiger charge is 2.49. The molecular formula is C6H9Cl3O2. The summed E-state index contributed by atoms with van der Waals surface area (Å²) in [6.45, 7) is 2.11. The second-order valence-corrected chi connectivity index (χ2v) is 4.19. The summed E-state index contributed by atoms with van der Waals surface area (Å²) < 4.78 is -0.339. The topological polar surface area (TPSA) is 37.3 Å². The number of halogens is 3. The van der Waals surface area contributed by atoms with Crippen molar-refractivity contribution in [3.8, 4) is 0 Å². The van der Waals surface area contributed by atoms with E-state index in [1.807, 2.05) is 0 Å². The largest absolute Gasteiger partial charge is 0.469 e. The van der Waals surface area contributed by atoms with Crippen molar-refractivity contribution in [3.63, 3.8) is 0 Å². The first-order valence-electron chi connectivity index (χ1n) is 3.16. The van der Waals surface area contributed by atoms with Gasteiger partial charge in [-0.1, -0.05) is 13.3 Å². The summed E-state index contributed by atoms with van der Waals surface area (Å²) in [4.78, 5) is 8.77. The van der Waals surface area contributed by atoms with E-state index in [-0.39, 0.29) is 4.33 Å². The van der Waals surface area contributed by atoms with Crippen LogP contribution in [0.1, 0.15) is 19.8 Å². The summed E-state index contributed by atoms with van der Waals surface area (Å²) in [5.74, 6) is 0.579. The minimum absolute atomic E-state index is 0.339. The Morgan fingerprint density at radius 3 is 2.00 bits per heavy atom. The second-order valence-electron chi connectivity index (χ2n) is 2.32. The Labute approximate surface area is 80.4 Å². The average Bonchev–Trinajstić information content (AvgIpc) is 2.38. The number of hydrogen-bond acceptors (Lipinski definition) is 1. The van der Waals surface area contributed by atoms with Crippen molar-refractivity contribution in [3.05, 3.63) is 0 Å². The Morgan fingerprint density at radius 2 is 2.00 bits per heavy atom. The number of alkyl halides is 2. The molecule has 11 heavy (non-hydrogen) atoms. The highest BCUT2D eigenvalue weighted by atomic mass is 35.5. The fraction of sp³-hybridized carbons (Fsp3) is 0.833. The van der Waals surface area contributed by atoms with Crippen LogP contribution in [0.4, 0.5) is 4.79 Å². The van der Waals surface area contributed by atoms with E-state index in [0.717, 1.165) is 12.8 Å². The molecule has 66 valence electrons. The molecule has 0 spiro atoms. The van der Waals surface area contributed by atoms with Crippen LogP contribution >= 0.6 is 34.8 Å². The lowest BCUT2D eigenvalue weighted by atomic mass is 10.3. The van der Waals surface area contributed by atoms with Crippen molar-refractivity contribution < 1.29 is 9.90 Å². The summed E-state index contributed by atoms with van der Waals surface area (Å²) in [7, 11) is 0. The van der Waals surface area contributed by atoms with Gasteiger partial charge in [0.2, 0.25) is 0 Å². The minimum atomic E-state index is -1.36.